The largest absolute Gasteiger partial charge is 0.394 e. The molecule has 3 atom stereocenters. The predicted octanol–water partition coefficient (Wildman–Crippen LogP) is 2.06. The number of hydrogen-bond acceptors (Lipinski definition) is 6. The molecule has 1 saturated heterocycles. The third-order valence-corrected chi connectivity index (χ3v) is 5.70. The molecule has 138 valence electrons. The van der Waals surface area contributed by atoms with Crippen LogP contribution in [0.3, 0.4) is 0 Å². The van der Waals surface area contributed by atoms with Crippen molar-refractivity contribution in [2.24, 2.45) is 5.92 Å². The number of pyridine rings is 1. The number of nitrogens with zero attached hydrogens (tertiary/aromatic N) is 4. The molecule has 0 unspecified atom stereocenters. The summed E-state index contributed by atoms with van der Waals surface area (Å²) in [5.74, 6) is 1.43. The number of piperidine rings is 1. The third-order valence-electron chi connectivity index (χ3n) is 5.70. The van der Waals surface area contributed by atoms with E-state index in [4.69, 9.17) is 4.52 Å². The summed E-state index contributed by atoms with van der Waals surface area (Å²) in [4.78, 5) is 19.1. The smallest absolute Gasteiger partial charge is 0.266 e. The Balaban J connectivity index is 1.48. The first-order valence-corrected chi connectivity index (χ1v) is 9.21. The molecule has 7 nitrogen and oxygen atoms in total. The number of aliphatic hydroxyl groups is 1. The normalized spacial score (nSPS) is 23.9. The summed E-state index contributed by atoms with van der Waals surface area (Å²) in [5, 5.41) is 14.1. The van der Waals surface area contributed by atoms with E-state index >= 15 is 0 Å². The molecule has 0 aliphatic carbocycles. The lowest BCUT2D eigenvalue weighted by atomic mass is 9.79. The van der Waals surface area contributed by atoms with Crippen LogP contribution in [0.4, 0.5) is 5.95 Å². The Hall–Kier alpha value is -2.93. The van der Waals surface area contributed by atoms with Gasteiger partial charge in [-0.1, -0.05) is 24.3 Å². The average Bonchev–Trinajstić information content (AvgIpc) is 3.20. The van der Waals surface area contributed by atoms with Crippen LogP contribution >= 0.6 is 0 Å². The summed E-state index contributed by atoms with van der Waals surface area (Å²) in [5.41, 5.74) is 1.83. The topological polar surface area (TPSA) is 84.4 Å². The number of fused-ring (bicyclic) bond motifs is 4. The first-order valence-electron chi connectivity index (χ1n) is 9.21. The van der Waals surface area contributed by atoms with Crippen molar-refractivity contribution in [3.8, 4) is 11.5 Å². The van der Waals surface area contributed by atoms with Gasteiger partial charge in [-0.3, -0.25) is 4.79 Å². The van der Waals surface area contributed by atoms with E-state index in [-0.39, 0.29) is 30.0 Å². The van der Waals surface area contributed by atoms with Gasteiger partial charge in [0.2, 0.25) is 0 Å². The van der Waals surface area contributed by atoms with Gasteiger partial charge in [-0.25, -0.2) is 0 Å². The zero-order chi connectivity index (χ0) is 18.4. The molecule has 2 aliphatic heterocycles. The highest BCUT2D eigenvalue weighted by molar-refractivity contribution is 5.54. The van der Waals surface area contributed by atoms with Gasteiger partial charge in [0.05, 0.1) is 12.6 Å². The summed E-state index contributed by atoms with van der Waals surface area (Å²) in [6.07, 6.45) is 0.953. The lowest BCUT2D eigenvalue weighted by molar-refractivity contribution is 0.131. The predicted molar refractivity (Wildman–Crippen MR) is 99.6 cm³/mol. The minimum Gasteiger partial charge on any atom is -0.394 e. The van der Waals surface area contributed by atoms with E-state index in [1.165, 1.54) is 0 Å². The van der Waals surface area contributed by atoms with Crippen LogP contribution in [0.5, 0.6) is 0 Å². The van der Waals surface area contributed by atoms with E-state index in [1.807, 2.05) is 36.4 Å². The first-order chi connectivity index (χ1) is 13.2. The van der Waals surface area contributed by atoms with Crippen LogP contribution in [0.15, 0.2) is 57.8 Å². The van der Waals surface area contributed by atoms with Crippen molar-refractivity contribution >= 4 is 5.95 Å². The van der Waals surface area contributed by atoms with Gasteiger partial charge in [0.1, 0.15) is 0 Å². The van der Waals surface area contributed by atoms with Crippen LogP contribution in [0, 0.1) is 5.92 Å². The van der Waals surface area contributed by atoms with E-state index in [0.29, 0.717) is 18.4 Å². The molecular weight excluding hydrogens is 344 g/mol. The summed E-state index contributed by atoms with van der Waals surface area (Å²) >= 11 is 0. The second-order valence-corrected chi connectivity index (χ2v) is 7.27. The van der Waals surface area contributed by atoms with Crippen LogP contribution < -0.4 is 10.5 Å². The summed E-state index contributed by atoms with van der Waals surface area (Å²) in [6, 6.07) is 14.8. The minimum absolute atomic E-state index is 0.0411. The molecule has 7 heteroatoms. The Morgan fingerprint density at radius 1 is 1.11 bits per heavy atom. The van der Waals surface area contributed by atoms with Gasteiger partial charge in [-0.15, -0.1) is 0 Å². The standard InChI is InChI=1S/C20H20N4O3/c25-12-17-15-9-14(16-7-4-8-18(26)24(16)17)10-23(11-15)20-21-19(27-22-20)13-5-2-1-3-6-13/h1-8,14-15,17,25H,9-12H2/t14-,15+,17+/m1/s1. The first kappa shape index (κ1) is 16.3. The molecule has 5 rings (SSSR count). The molecule has 1 aromatic carbocycles. The molecule has 0 spiro atoms. The van der Waals surface area contributed by atoms with E-state index in [9.17, 15) is 9.90 Å². The number of rotatable bonds is 3. The highest BCUT2D eigenvalue weighted by atomic mass is 16.5. The molecule has 0 amide bonds. The molecule has 4 heterocycles. The maximum absolute atomic E-state index is 12.4. The zero-order valence-corrected chi connectivity index (χ0v) is 14.7. The molecule has 27 heavy (non-hydrogen) atoms. The summed E-state index contributed by atoms with van der Waals surface area (Å²) in [7, 11) is 0. The highest BCUT2D eigenvalue weighted by Crippen LogP contribution is 2.41. The second kappa shape index (κ2) is 6.35. The lowest BCUT2D eigenvalue weighted by Crippen LogP contribution is -2.50. The Morgan fingerprint density at radius 3 is 2.78 bits per heavy atom. The van der Waals surface area contributed by atoms with Gasteiger partial charge in [0.15, 0.2) is 0 Å². The number of hydrogen-bond donors (Lipinski definition) is 1. The molecular formula is C20H20N4O3. The van der Waals surface area contributed by atoms with Crippen molar-refractivity contribution in [1.29, 1.82) is 0 Å². The Morgan fingerprint density at radius 2 is 1.96 bits per heavy atom. The minimum atomic E-state index is -0.215. The van der Waals surface area contributed by atoms with Crippen LogP contribution in [-0.4, -0.2) is 39.5 Å². The summed E-state index contributed by atoms with van der Waals surface area (Å²) in [6.45, 7) is 1.37. The number of aliphatic hydroxyl groups excluding tert-OH is 1. The maximum atomic E-state index is 12.4. The molecule has 1 N–H and O–H groups in total. The molecule has 0 saturated carbocycles. The monoisotopic (exact) mass is 364 g/mol. The maximum Gasteiger partial charge on any atom is 0.266 e. The highest BCUT2D eigenvalue weighted by Gasteiger charge is 2.41. The van der Waals surface area contributed by atoms with E-state index in [1.54, 1.807) is 16.7 Å². The van der Waals surface area contributed by atoms with Gasteiger partial charge in [-0.05, 0) is 29.8 Å². The zero-order valence-electron chi connectivity index (χ0n) is 14.7. The molecule has 0 radical (unpaired) electrons. The number of anilines is 1. The Kier molecular flexibility index (Phi) is 3.82. The van der Waals surface area contributed by atoms with Gasteiger partial charge in [0.25, 0.3) is 17.4 Å². The van der Waals surface area contributed by atoms with Gasteiger partial charge < -0.3 is 19.1 Å². The van der Waals surface area contributed by atoms with E-state index < -0.39 is 0 Å². The van der Waals surface area contributed by atoms with Gasteiger partial charge in [0, 0.05) is 42.2 Å². The molecule has 2 aliphatic rings. The quantitative estimate of drug-likeness (QED) is 0.766. The van der Waals surface area contributed by atoms with Crippen molar-refractivity contribution < 1.29 is 9.63 Å². The SMILES string of the molecule is O=c1cccc2n1[C@@H](CO)[C@H]1C[C@@H]2CN(c2noc(-c3ccccc3)n2)C1. The van der Waals surface area contributed by atoms with Gasteiger partial charge >= 0.3 is 0 Å². The Labute approximate surface area is 155 Å². The number of aromatic nitrogens is 3. The van der Waals surface area contributed by atoms with Crippen molar-refractivity contribution in [3.05, 3.63) is 64.6 Å². The van der Waals surface area contributed by atoms with Crippen LogP contribution in [-0.2, 0) is 0 Å². The number of benzene rings is 1. The van der Waals surface area contributed by atoms with Crippen LogP contribution in [0.2, 0.25) is 0 Å². The van der Waals surface area contributed by atoms with Gasteiger partial charge in [-0.2, -0.15) is 4.98 Å². The van der Waals surface area contributed by atoms with Crippen molar-refractivity contribution in [3.63, 3.8) is 0 Å². The average molecular weight is 364 g/mol. The third kappa shape index (κ3) is 2.66. The van der Waals surface area contributed by atoms with Crippen molar-refractivity contribution in [2.45, 2.75) is 18.4 Å². The fourth-order valence-electron chi connectivity index (χ4n) is 4.48. The summed E-state index contributed by atoms with van der Waals surface area (Å²) < 4.78 is 7.24. The molecule has 1 fully saturated rings. The lowest BCUT2D eigenvalue weighted by Gasteiger charge is -2.46. The van der Waals surface area contributed by atoms with E-state index in [0.717, 1.165) is 24.2 Å². The molecule has 3 aromatic rings. The van der Waals surface area contributed by atoms with Crippen molar-refractivity contribution in [1.82, 2.24) is 14.7 Å². The van der Waals surface area contributed by atoms with Crippen LogP contribution in [0.25, 0.3) is 11.5 Å². The molecule has 2 bridgehead atoms. The molecule has 2 aromatic heterocycles. The van der Waals surface area contributed by atoms with E-state index in [2.05, 4.69) is 15.0 Å². The Bertz CT molecular complexity index is 1010. The van der Waals surface area contributed by atoms with Crippen molar-refractivity contribution in [2.75, 3.05) is 24.6 Å². The fourth-order valence-corrected chi connectivity index (χ4v) is 4.48. The van der Waals surface area contributed by atoms with Crippen LogP contribution in [0.1, 0.15) is 24.1 Å². The second-order valence-electron chi connectivity index (χ2n) is 7.27. The fraction of sp³-hybridized carbons (Fsp3) is 0.350.